The molecule has 1 aromatic heterocycles. The molecule has 0 aliphatic heterocycles. The van der Waals surface area contributed by atoms with Crippen molar-refractivity contribution in [1.29, 1.82) is 0 Å². The van der Waals surface area contributed by atoms with Crippen molar-refractivity contribution in [3.05, 3.63) is 10.3 Å². The van der Waals surface area contributed by atoms with Crippen LogP contribution in [0.1, 0.15) is 32.4 Å². The number of rotatable bonds is 2. The summed E-state index contributed by atoms with van der Waals surface area (Å²) >= 11 is 3.32. The largest absolute Gasteiger partial charge is 0.383 e. The van der Waals surface area contributed by atoms with Crippen molar-refractivity contribution < 1.29 is 5.11 Å². The van der Waals surface area contributed by atoms with Crippen molar-refractivity contribution in [3.8, 4) is 0 Å². The van der Waals surface area contributed by atoms with Gasteiger partial charge >= 0.3 is 0 Å². The van der Waals surface area contributed by atoms with Crippen LogP contribution in [0.25, 0.3) is 0 Å². The molecule has 0 aromatic carbocycles. The van der Waals surface area contributed by atoms with Crippen molar-refractivity contribution in [2.24, 2.45) is 12.5 Å². The summed E-state index contributed by atoms with van der Waals surface area (Å²) in [5.41, 5.74) is -0.118. The van der Waals surface area contributed by atoms with Gasteiger partial charge in [0.2, 0.25) is 0 Å². The molecular formula is C9H14BrN3O. The van der Waals surface area contributed by atoms with Crippen molar-refractivity contribution in [2.45, 2.75) is 32.3 Å². The van der Waals surface area contributed by atoms with Gasteiger partial charge in [0.25, 0.3) is 0 Å². The lowest BCUT2D eigenvalue weighted by atomic mass is 9.85. The van der Waals surface area contributed by atoms with Gasteiger partial charge in [-0.25, -0.2) is 4.68 Å². The molecule has 0 radical (unpaired) electrons. The van der Waals surface area contributed by atoms with Gasteiger partial charge in [0.15, 0.2) is 4.60 Å². The summed E-state index contributed by atoms with van der Waals surface area (Å²) in [5, 5.41) is 18.3. The molecule has 1 fully saturated rings. The third-order valence-corrected chi connectivity index (χ3v) is 3.96. The molecular weight excluding hydrogens is 246 g/mol. The molecule has 1 saturated carbocycles. The zero-order chi connectivity index (χ0) is 10.6. The van der Waals surface area contributed by atoms with Crippen LogP contribution in [0.2, 0.25) is 0 Å². The maximum atomic E-state index is 10.5. The number of aryl methyl sites for hydroxylation is 1. The molecule has 1 N–H and O–H groups in total. The topological polar surface area (TPSA) is 50.9 Å². The van der Waals surface area contributed by atoms with Gasteiger partial charge in [0.05, 0.1) is 0 Å². The average molecular weight is 260 g/mol. The average Bonchev–Trinajstić information content (AvgIpc) is 2.73. The van der Waals surface area contributed by atoms with Gasteiger partial charge in [-0.1, -0.05) is 12.1 Å². The molecule has 1 aliphatic rings. The second kappa shape index (κ2) is 2.79. The van der Waals surface area contributed by atoms with Gasteiger partial charge in [0, 0.05) is 12.5 Å². The smallest absolute Gasteiger partial charge is 0.154 e. The van der Waals surface area contributed by atoms with Crippen LogP contribution in [0, 0.1) is 5.41 Å². The Labute approximate surface area is 91.4 Å². The van der Waals surface area contributed by atoms with E-state index in [9.17, 15) is 5.11 Å². The molecule has 14 heavy (non-hydrogen) atoms. The van der Waals surface area contributed by atoms with Gasteiger partial charge in [-0.15, -0.1) is 5.10 Å². The maximum absolute atomic E-state index is 10.5. The van der Waals surface area contributed by atoms with Gasteiger partial charge in [0.1, 0.15) is 11.3 Å². The third kappa shape index (κ3) is 1.22. The first-order valence-corrected chi connectivity index (χ1v) is 5.46. The molecule has 2 rings (SSSR count). The Morgan fingerprint density at radius 3 is 2.50 bits per heavy atom. The first-order chi connectivity index (χ1) is 6.38. The quantitative estimate of drug-likeness (QED) is 0.878. The minimum absolute atomic E-state index is 0.0228. The van der Waals surface area contributed by atoms with E-state index in [1.54, 1.807) is 11.7 Å². The van der Waals surface area contributed by atoms with E-state index in [0.717, 1.165) is 18.5 Å². The fourth-order valence-electron chi connectivity index (χ4n) is 1.81. The lowest BCUT2D eigenvalue weighted by molar-refractivity contribution is -0.0206. The molecule has 4 nitrogen and oxygen atoms in total. The van der Waals surface area contributed by atoms with Crippen LogP contribution in [0.4, 0.5) is 0 Å². The Kier molecular flexibility index (Phi) is 2.02. The van der Waals surface area contributed by atoms with Crippen LogP contribution >= 0.6 is 15.9 Å². The van der Waals surface area contributed by atoms with E-state index in [0.29, 0.717) is 4.60 Å². The molecule has 1 aromatic rings. The fourth-order valence-corrected chi connectivity index (χ4v) is 2.52. The first-order valence-electron chi connectivity index (χ1n) is 4.66. The van der Waals surface area contributed by atoms with E-state index in [1.807, 2.05) is 6.92 Å². The van der Waals surface area contributed by atoms with E-state index < -0.39 is 5.60 Å². The van der Waals surface area contributed by atoms with Crippen LogP contribution < -0.4 is 0 Å². The summed E-state index contributed by atoms with van der Waals surface area (Å²) in [6.45, 7) is 3.93. The number of hydrogen-bond acceptors (Lipinski definition) is 3. The first kappa shape index (κ1) is 10.1. The number of nitrogens with zero attached hydrogens (tertiary/aromatic N) is 3. The standard InChI is InChI=1S/C9H14BrN3O/c1-8(4-5-8)9(2,14)6-7(10)11-12-13(6)3/h14H,4-5H2,1-3H3. The minimum atomic E-state index is -0.857. The van der Waals surface area contributed by atoms with Crippen LogP contribution in [-0.2, 0) is 12.6 Å². The molecule has 5 heteroatoms. The zero-order valence-electron chi connectivity index (χ0n) is 8.58. The number of aliphatic hydroxyl groups is 1. The molecule has 0 amide bonds. The van der Waals surface area contributed by atoms with Gasteiger partial charge in [-0.05, 0) is 35.7 Å². The molecule has 1 aliphatic carbocycles. The highest BCUT2D eigenvalue weighted by atomic mass is 79.9. The summed E-state index contributed by atoms with van der Waals surface area (Å²) < 4.78 is 2.27. The highest BCUT2D eigenvalue weighted by molar-refractivity contribution is 9.10. The second-order valence-corrected chi connectivity index (χ2v) is 5.24. The summed E-state index contributed by atoms with van der Waals surface area (Å²) in [6, 6.07) is 0. The summed E-state index contributed by atoms with van der Waals surface area (Å²) in [4.78, 5) is 0. The molecule has 78 valence electrons. The zero-order valence-corrected chi connectivity index (χ0v) is 10.2. The van der Waals surface area contributed by atoms with E-state index in [2.05, 4.69) is 33.2 Å². The fraction of sp³-hybridized carbons (Fsp3) is 0.778. The predicted octanol–water partition coefficient (Wildman–Crippen LogP) is 1.59. The lowest BCUT2D eigenvalue weighted by Crippen LogP contribution is -2.34. The minimum Gasteiger partial charge on any atom is -0.383 e. The monoisotopic (exact) mass is 259 g/mol. The molecule has 0 saturated heterocycles. The Bertz CT molecular complexity index is 349. The Balaban J connectivity index is 2.48. The number of halogens is 1. The molecule has 1 atom stereocenters. The van der Waals surface area contributed by atoms with Crippen molar-refractivity contribution in [1.82, 2.24) is 15.0 Å². The second-order valence-electron chi connectivity index (χ2n) is 4.49. The van der Waals surface area contributed by atoms with Gasteiger partial charge < -0.3 is 5.11 Å². The number of hydrogen-bond donors (Lipinski definition) is 1. The highest BCUT2D eigenvalue weighted by Gasteiger charge is 2.55. The van der Waals surface area contributed by atoms with Crippen LogP contribution in [0.3, 0.4) is 0 Å². The van der Waals surface area contributed by atoms with Crippen molar-refractivity contribution in [3.63, 3.8) is 0 Å². The Morgan fingerprint density at radius 1 is 1.57 bits per heavy atom. The summed E-state index contributed by atoms with van der Waals surface area (Å²) in [7, 11) is 1.80. The van der Waals surface area contributed by atoms with Crippen LogP contribution in [-0.4, -0.2) is 20.1 Å². The van der Waals surface area contributed by atoms with Gasteiger partial charge in [-0.2, -0.15) is 0 Å². The Hall–Kier alpha value is -0.420. The normalized spacial score (nSPS) is 23.2. The third-order valence-electron chi connectivity index (χ3n) is 3.42. The lowest BCUT2D eigenvalue weighted by Gasteiger charge is -2.30. The van der Waals surface area contributed by atoms with E-state index in [4.69, 9.17) is 0 Å². The molecule has 1 heterocycles. The SMILES string of the molecule is Cn1nnc(Br)c1C(C)(O)C1(C)CC1. The maximum Gasteiger partial charge on any atom is 0.154 e. The van der Waals surface area contributed by atoms with Crippen molar-refractivity contribution in [2.75, 3.05) is 0 Å². The van der Waals surface area contributed by atoms with E-state index in [-0.39, 0.29) is 5.41 Å². The van der Waals surface area contributed by atoms with E-state index in [1.165, 1.54) is 0 Å². The number of aromatic nitrogens is 3. The van der Waals surface area contributed by atoms with Crippen LogP contribution in [0.15, 0.2) is 4.60 Å². The summed E-state index contributed by atoms with van der Waals surface area (Å²) in [5.74, 6) is 0. The molecule has 0 spiro atoms. The molecule has 1 unspecified atom stereocenters. The summed E-state index contributed by atoms with van der Waals surface area (Å²) in [6.07, 6.45) is 2.11. The molecule has 0 bridgehead atoms. The highest BCUT2D eigenvalue weighted by Crippen LogP contribution is 2.58. The van der Waals surface area contributed by atoms with Gasteiger partial charge in [-0.3, -0.25) is 0 Å². The Morgan fingerprint density at radius 2 is 2.14 bits per heavy atom. The van der Waals surface area contributed by atoms with Crippen molar-refractivity contribution >= 4 is 15.9 Å². The van der Waals surface area contributed by atoms with E-state index >= 15 is 0 Å². The van der Waals surface area contributed by atoms with Crippen LogP contribution in [0.5, 0.6) is 0 Å². The predicted molar refractivity (Wildman–Crippen MR) is 55.6 cm³/mol.